The first-order valence-electron chi connectivity index (χ1n) is 23.7. The highest BCUT2D eigenvalue weighted by molar-refractivity contribution is 6.67. The van der Waals surface area contributed by atoms with E-state index in [0.717, 1.165) is 27.8 Å². The number of phenols is 1. The highest BCUT2D eigenvalue weighted by atomic mass is 35.6. The molecule has 8 rings (SSSR count). The van der Waals surface area contributed by atoms with Crippen LogP contribution in [-0.2, 0) is 9.47 Å². The molecule has 0 saturated carbocycles. The van der Waals surface area contributed by atoms with E-state index in [9.17, 15) is 24.3 Å². The van der Waals surface area contributed by atoms with Crippen LogP contribution in [0.25, 0.3) is 11.1 Å². The Labute approximate surface area is 428 Å². The van der Waals surface area contributed by atoms with Crippen LogP contribution < -0.4 is 28.7 Å². The first-order valence-corrected chi connectivity index (χ1v) is 24.8. The van der Waals surface area contributed by atoms with Crippen LogP contribution in [0.15, 0.2) is 85.2 Å². The summed E-state index contributed by atoms with van der Waals surface area (Å²) in [6.45, 7) is 7.74. The summed E-state index contributed by atoms with van der Waals surface area (Å²) in [6, 6.07) is 19.5. The van der Waals surface area contributed by atoms with E-state index in [1.165, 1.54) is 24.0 Å². The number of hydrogen-bond acceptors (Lipinski definition) is 11. The van der Waals surface area contributed by atoms with Gasteiger partial charge in [-0.15, -0.1) is 0 Å². The van der Waals surface area contributed by atoms with Crippen LogP contribution in [0.2, 0.25) is 0 Å². The summed E-state index contributed by atoms with van der Waals surface area (Å²) < 4.78 is 33.4. The van der Waals surface area contributed by atoms with E-state index in [1.807, 2.05) is 57.4 Å². The smallest absolute Gasteiger partial charge is 0.414 e. The van der Waals surface area contributed by atoms with Crippen molar-refractivity contribution >= 4 is 81.3 Å². The summed E-state index contributed by atoms with van der Waals surface area (Å²) in [6.07, 6.45) is 5.61. The van der Waals surface area contributed by atoms with Crippen molar-refractivity contribution in [1.82, 2.24) is 9.80 Å². The van der Waals surface area contributed by atoms with Gasteiger partial charge in [-0.2, -0.15) is 0 Å². The number of ether oxygens (including phenoxy) is 6. The average Bonchev–Trinajstić information content (AvgIpc) is 3.97. The highest BCUT2D eigenvalue weighted by Crippen LogP contribution is 2.46. The molecular formula is C53H57Cl3N4O11. The van der Waals surface area contributed by atoms with E-state index in [4.69, 9.17) is 63.2 Å². The molecule has 4 aromatic rings. The molecule has 4 atom stereocenters. The van der Waals surface area contributed by atoms with Gasteiger partial charge in [0.2, 0.25) is 3.79 Å². The molecule has 0 fully saturated rings. The SMILES string of the molecule is CCOC(=O)N1c2cc(OCCCCCOc3cc4c(cc3OC)C(=O)N3C=C(c5ccc(C)cc5)CC3C(CC)N4C(=O)OCC(Cl)(Cl)Cl)c(OC)cc2C(=O)N2C=C(c3ccc(O)cc3)CC2C1C. The van der Waals surface area contributed by atoms with Crippen LogP contribution in [0.5, 0.6) is 28.7 Å². The van der Waals surface area contributed by atoms with Gasteiger partial charge >= 0.3 is 12.2 Å². The number of amides is 4. The summed E-state index contributed by atoms with van der Waals surface area (Å²) in [5.74, 6) is 0.823. The maximum Gasteiger partial charge on any atom is 0.414 e. The molecule has 1 N–H and O–H groups in total. The van der Waals surface area contributed by atoms with Gasteiger partial charge in [-0.25, -0.2) is 9.59 Å². The minimum atomic E-state index is -1.87. The molecule has 0 spiro atoms. The molecule has 71 heavy (non-hydrogen) atoms. The Morgan fingerprint density at radius 1 is 0.676 bits per heavy atom. The second-order valence-electron chi connectivity index (χ2n) is 17.8. The van der Waals surface area contributed by atoms with Gasteiger partial charge < -0.3 is 43.3 Å². The summed E-state index contributed by atoms with van der Waals surface area (Å²) >= 11 is 18.1. The standard InChI is InChI=1S/C53H57Cl3N4O11/c1-7-40-44-23-36(33-14-12-31(3)13-15-33)29-58(44)50(63)39-25-46(67-6)48(27-43(39)60(40)52(65)71-30-53(54,55)56)70-21-11-9-10-20-69-47-26-42-38(24-45(47)66-5)49(62)57-28-35(34-16-18-37(61)19-17-34)22-41(57)32(4)59(42)51(64)68-8-2/h12-19,24-29,32,40-41,44,61H,7-11,20-23,30H2,1-6H3. The van der Waals surface area contributed by atoms with Gasteiger partial charge in [0.1, 0.15) is 12.4 Å². The van der Waals surface area contributed by atoms with Crippen LogP contribution in [0.3, 0.4) is 0 Å². The minimum Gasteiger partial charge on any atom is -0.508 e. The van der Waals surface area contributed by atoms with E-state index < -0.39 is 46.8 Å². The molecule has 0 aromatic heterocycles. The van der Waals surface area contributed by atoms with Gasteiger partial charge in [0.05, 0.1) is 80.7 Å². The number of hydrogen-bond donors (Lipinski definition) is 1. The van der Waals surface area contributed by atoms with E-state index in [-0.39, 0.29) is 54.2 Å². The number of nitrogens with zero attached hydrogens (tertiary/aromatic N) is 4. The van der Waals surface area contributed by atoms with E-state index in [2.05, 4.69) is 0 Å². The Bertz CT molecular complexity index is 2730. The van der Waals surface area contributed by atoms with Gasteiger partial charge in [0.25, 0.3) is 11.8 Å². The Morgan fingerprint density at radius 2 is 1.17 bits per heavy atom. The second kappa shape index (κ2) is 21.6. The number of fused-ring (bicyclic) bond motifs is 4. The molecule has 4 unspecified atom stereocenters. The first kappa shape index (κ1) is 51.1. The number of rotatable bonds is 15. The van der Waals surface area contributed by atoms with Gasteiger partial charge in [-0.3, -0.25) is 19.4 Å². The Kier molecular flexibility index (Phi) is 15.5. The Morgan fingerprint density at radius 3 is 1.68 bits per heavy atom. The van der Waals surface area contributed by atoms with Crippen LogP contribution in [-0.4, -0.2) is 108 Å². The van der Waals surface area contributed by atoms with Crippen molar-refractivity contribution in [3.63, 3.8) is 0 Å². The van der Waals surface area contributed by atoms with Crippen molar-refractivity contribution in [3.05, 3.63) is 113 Å². The summed E-state index contributed by atoms with van der Waals surface area (Å²) in [5, 5.41) is 9.86. The lowest BCUT2D eigenvalue weighted by molar-refractivity contribution is 0.0767. The predicted molar refractivity (Wildman–Crippen MR) is 272 cm³/mol. The zero-order chi connectivity index (χ0) is 50.7. The molecule has 18 heteroatoms. The largest absolute Gasteiger partial charge is 0.508 e. The third-order valence-electron chi connectivity index (χ3n) is 13.3. The molecule has 4 aliphatic rings. The fourth-order valence-corrected chi connectivity index (χ4v) is 9.92. The third-order valence-corrected chi connectivity index (χ3v) is 13.6. The molecule has 4 amide bonds. The van der Waals surface area contributed by atoms with Crippen molar-refractivity contribution in [2.24, 2.45) is 0 Å². The summed E-state index contributed by atoms with van der Waals surface area (Å²) in [4.78, 5) is 63.0. The molecule has 4 aromatic carbocycles. The zero-order valence-corrected chi connectivity index (χ0v) is 42.7. The number of benzene rings is 4. The minimum absolute atomic E-state index is 0.137. The molecular weight excluding hydrogens is 975 g/mol. The molecule has 4 aliphatic heterocycles. The molecule has 0 radical (unpaired) electrons. The lowest BCUT2D eigenvalue weighted by atomic mass is 9.95. The number of aryl methyl sites for hydroxylation is 1. The fourth-order valence-electron chi connectivity index (χ4n) is 9.76. The van der Waals surface area contributed by atoms with Crippen molar-refractivity contribution in [3.8, 4) is 28.7 Å². The van der Waals surface area contributed by atoms with Crippen molar-refractivity contribution in [2.75, 3.05) is 50.4 Å². The second-order valence-corrected chi connectivity index (χ2v) is 20.3. The Hall–Kier alpha value is -6.29. The molecule has 4 heterocycles. The summed E-state index contributed by atoms with van der Waals surface area (Å²) in [5.41, 5.74) is 5.91. The molecule has 376 valence electrons. The molecule has 15 nitrogen and oxygen atoms in total. The maximum absolute atomic E-state index is 14.5. The van der Waals surface area contributed by atoms with Gasteiger partial charge in [-0.05, 0) is 106 Å². The third kappa shape index (κ3) is 10.7. The predicted octanol–water partition coefficient (Wildman–Crippen LogP) is 11.3. The Balaban J connectivity index is 0.973. The van der Waals surface area contributed by atoms with Crippen molar-refractivity contribution < 1.29 is 52.7 Å². The normalized spacial score (nSPS) is 19.4. The first-order chi connectivity index (χ1) is 34.0. The van der Waals surface area contributed by atoms with Gasteiger partial charge in [-0.1, -0.05) is 83.7 Å². The van der Waals surface area contributed by atoms with Crippen LogP contribution in [0.4, 0.5) is 21.0 Å². The molecule has 0 aliphatic carbocycles. The number of anilines is 2. The number of halogens is 3. The quantitative estimate of drug-likeness (QED) is 0.0893. The summed E-state index contributed by atoms with van der Waals surface area (Å²) in [7, 11) is 2.97. The lowest BCUT2D eigenvalue weighted by Gasteiger charge is -2.35. The van der Waals surface area contributed by atoms with Crippen LogP contribution >= 0.6 is 34.8 Å². The van der Waals surface area contributed by atoms with Crippen LogP contribution in [0, 0.1) is 6.92 Å². The number of alkyl halides is 3. The average molecular weight is 1030 g/mol. The van der Waals surface area contributed by atoms with Gasteiger partial charge in [0, 0.05) is 24.5 Å². The van der Waals surface area contributed by atoms with Gasteiger partial charge in [0.15, 0.2) is 23.0 Å². The number of carbonyl (C=O) groups excluding carboxylic acids is 4. The topological polar surface area (TPSA) is 157 Å². The zero-order valence-electron chi connectivity index (χ0n) is 40.4. The fraction of sp³-hybridized carbons (Fsp3) is 0.396. The molecule has 0 bridgehead atoms. The monoisotopic (exact) mass is 1030 g/mol. The number of unbranched alkanes of at least 4 members (excludes halogenated alkanes) is 2. The van der Waals surface area contributed by atoms with E-state index in [0.29, 0.717) is 67.2 Å². The van der Waals surface area contributed by atoms with Crippen molar-refractivity contribution in [1.29, 1.82) is 0 Å². The van der Waals surface area contributed by atoms with Crippen LogP contribution in [0.1, 0.15) is 96.7 Å². The number of phenolic OH excluding ortho intramolecular Hbond substituents is 1. The highest BCUT2D eigenvalue weighted by Gasteiger charge is 2.47. The molecule has 0 saturated heterocycles. The number of carbonyl (C=O) groups is 4. The van der Waals surface area contributed by atoms with E-state index in [1.54, 1.807) is 65.3 Å². The lowest BCUT2D eigenvalue weighted by Crippen LogP contribution is -2.50. The maximum atomic E-state index is 14.5. The number of methoxy groups -OCH3 is 2. The van der Waals surface area contributed by atoms with E-state index >= 15 is 0 Å². The van der Waals surface area contributed by atoms with Crippen molar-refractivity contribution in [2.45, 2.75) is 94.2 Å². The number of aromatic hydroxyl groups is 1.